The largest absolute Gasteiger partial charge is 0.496 e. The van der Waals surface area contributed by atoms with Gasteiger partial charge in [0.05, 0.1) is 22.8 Å². The molecule has 0 aliphatic carbocycles. The van der Waals surface area contributed by atoms with Gasteiger partial charge in [-0.1, -0.05) is 17.7 Å². The van der Waals surface area contributed by atoms with Crippen LogP contribution in [0.5, 0.6) is 11.6 Å². The van der Waals surface area contributed by atoms with Gasteiger partial charge in [0, 0.05) is 11.6 Å². The highest BCUT2D eigenvalue weighted by Crippen LogP contribution is 2.26. The molecule has 0 saturated carbocycles. The molecule has 0 aliphatic rings. The van der Waals surface area contributed by atoms with E-state index in [1.54, 1.807) is 37.4 Å². The monoisotopic (exact) mass is 412 g/mol. The number of carbonyl (C=O) groups is 1. The fraction of sp³-hybridized carbons (Fsp3) is 0.150. The van der Waals surface area contributed by atoms with Crippen molar-refractivity contribution in [3.8, 4) is 22.9 Å². The highest BCUT2D eigenvalue weighted by Gasteiger charge is 2.13. The summed E-state index contributed by atoms with van der Waals surface area (Å²) >= 11 is 3.35. The number of aryl methyl sites for hydroxylation is 2. The fourth-order valence-corrected chi connectivity index (χ4v) is 3.02. The van der Waals surface area contributed by atoms with Gasteiger partial charge in [-0.2, -0.15) is 0 Å². The number of hydrogen-bond acceptors (Lipinski definition) is 5. The molecule has 1 heterocycles. The Hall–Kier alpha value is -2.73. The maximum atomic E-state index is 12.3. The van der Waals surface area contributed by atoms with Crippen molar-refractivity contribution in [3.05, 3.63) is 69.7 Å². The summed E-state index contributed by atoms with van der Waals surface area (Å²) in [5, 5.41) is 8.20. The molecule has 0 bridgehead atoms. The summed E-state index contributed by atoms with van der Waals surface area (Å²) in [4.78, 5) is 12.3. The van der Waals surface area contributed by atoms with E-state index >= 15 is 0 Å². The van der Waals surface area contributed by atoms with Crippen LogP contribution < -0.4 is 9.47 Å². The lowest BCUT2D eigenvalue weighted by atomic mass is 10.0. The van der Waals surface area contributed by atoms with Crippen molar-refractivity contribution in [1.82, 2.24) is 10.2 Å². The van der Waals surface area contributed by atoms with E-state index in [9.17, 15) is 4.79 Å². The Balaban J connectivity index is 1.78. The standard InChI is InChI=1S/C20H17BrN2O3/c1-12-4-5-13(2)15(10-12)17-7-9-19(23-22-17)26-20(24)14-6-8-18(25-3)16(21)11-14/h4-11H,1-3H3. The first-order chi connectivity index (χ1) is 12.5. The molecule has 3 aromatic rings. The quantitative estimate of drug-likeness (QED) is 0.578. The maximum Gasteiger partial charge on any atom is 0.344 e. The van der Waals surface area contributed by atoms with Gasteiger partial charge in [0.15, 0.2) is 0 Å². The Kier molecular flexibility index (Phi) is 5.32. The van der Waals surface area contributed by atoms with Crippen LogP contribution in [0.25, 0.3) is 11.3 Å². The number of halogens is 1. The van der Waals surface area contributed by atoms with Gasteiger partial charge in [0.25, 0.3) is 0 Å². The van der Waals surface area contributed by atoms with E-state index in [1.165, 1.54) is 0 Å². The number of aromatic nitrogens is 2. The Bertz CT molecular complexity index is 956. The molecule has 0 radical (unpaired) electrons. The van der Waals surface area contributed by atoms with Crippen molar-refractivity contribution in [3.63, 3.8) is 0 Å². The minimum atomic E-state index is -0.512. The van der Waals surface area contributed by atoms with Crippen LogP contribution in [0.1, 0.15) is 21.5 Å². The molecule has 3 rings (SSSR count). The van der Waals surface area contributed by atoms with Crippen LogP contribution in [-0.2, 0) is 0 Å². The molecular formula is C20H17BrN2O3. The minimum Gasteiger partial charge on any atom is -0.496 e. The third-order valence-corrected chi connectivity index (χ3v) is 4.51. The predicted molar refractivity (Wildman–Crippen MR) is 103 cm³/mol. The molecule has 0 unspecified atom stereocenters. The zero-order valence-electron chi connectivity index (χ0n) is 14.6. The molecule has 0 fully saturated rings. The third-order valence-electron chi connectivity index (χ3n) is 3.89. The van der Waals surface area contributed by atoms with Gasteiger partial charge in [-0.25, -0.2) is 4.79 Å². The Morgan fingerprint density at radius 2 is 1.81 bits per heavy atom. The smallest absolute Gasteiger partial charge is 0.344 e. The van der Waals surface area contributed by atoms with Crippen molar-refractivity contribution >= 4 is 21.9 Å². The van der Waals surface area contributed by atoms with Crippen molar-refractivity contribution in [2.75, 3.05) is 7.11 Å². The SMILES string of the molecule is COc1ccc(C(=O)Oc2ccc(-c3cc(C)ccc3C)nn2)cc1Br. The Morgan fingerprint density at radius 3 is 2.46 bits per heavy atom. The number of rotatable bonds is 4. The minimum absolute atomic E-state index is 0.149. The van der Waals surface area contributed by atoms with Crippen molar-refractivity contribution in [1.29, 1.82) is 0 Å². The molecule has 0 saturated heterocycles. The van der Waals surface area contributed by atoms with Crippen LogP contribution in [0.2, 0.25) is 0 Å². The van der Waals surface area contributed by atoms with Gasteiger partial charge < -0.3 is 9.47 Å². The lowest BCUT2D eigenvalue weighted by Gasteiger charge is -2.08. The number of carbonyl (C=O) groups excluding carboxylic acids is 1. The van der Waals surface area contributed by atoms with Crippen LogP contribution in [0.15, 0.2) is 53.0 Å². The molecule has 0 spiro atoms. The lowest BCUT2D eigenvalue weighted by Crippen LogP contribution is -2.10. The second-order valence-electron chi connectivity index (χ2n) is 5.81. The number of methoxy groups -OCH3 is 1. The maximum absolute atomic E-state index is 12.3. The summed E-state index contributed by atoms with van der Waals surface area (Å²) < 4.78 is 11.1. The molecule has 5 nitrogen and oxygen atoms in total. The normalized spacial score (nSPS) is 10.5. The Labute approximate surface area is 160 Å². The van der Waals surface area contributed by atoms with Gasteiger partial charge in [0.1, 0.15) is 5.75 Å². The highest BCUT2D eigenvalue weighted by molar-refractivity contribution is 9.10. The number of hydrogen-bond donors (Lipinski definition) is 0. The number of nitrogens with zero attached hydrogens (tertiary/aromatic N) is 2. The molecular weight excluding hydrogens is 396 g/mol. The average Bonchev–Trinajstić information content (AvgIpc) is 2.64. The molecule has 0 aliphatic heterocycles. The predicted octanol–water partition coefficient (Wildman–Crippen LogP) is 4.75. The molecule has 0 atom stereocenters. The lowest BCUT2D eigenvalue weighted by molar-refractivity contribution is 0.0725. The van der Waals surface area contributed by atoms with Gasteiger partial charge >= 0.3 is 5.97 Å². The van der Waals surface area contributed by atoms with E-state index in [2.05, 4.69) is 38.3 Å². The van der Waals surface area contributed by atoms with E-state index in [4.69, 9.17) is 9.47 Å². The van der Waals surface area contributed by atoms with E-state index in [0.717, 1.165) is 22.4 Å². The van der Waals surface area contributed by atoms with E-state index < -0.39 is 5.97 Å². The molecule has 0 N–H and O–H groups in total. The number of esters is 1. The second kappa shape index (κ2) is 7.66. The van der Waals surface area contributed by atoms with Crippen LogP contribution in [0, 0.1) is 13.8 Å². The molecule has 26 heavy (non-hydrogen) atoms. The van der Waals surface area contributed by atoms with Crippen LogP contribution >= 0.6 is 15.9 Å². The van der Waals surface area contributed by atoms with E-state index in [0.29, 0.717) is 15.8 Å². The van der Waals surface area contributed by atoms with Crippen LogP contribution in [0.3, 0.4) is 0 Å². The zero-order valence-corrected chi connectivity index (χ0v) is 16.2. The molecule has 132 valence electrons. The van der Waals surface area contributed by atoms with Gasteiger partial charge in [0.2, 0.25) is 5.88 Å². The first kappa shape index (κ1) is 18.1. The summed E-state index contributed by atoms with van der Waals surface area (Å²) in [6.07, 6.45) is 0. The summed E-state index contributed by atoms with van der Waals surface area (Å²) in [6.45, 7) is 4.05. The third kappa shape index (κ3) is 3.91. The first-order valence-corrected chi connectivity index (χ1v) is 8.74. The van der Waals surface area contributed by atoms with Gasteiger partial charge in [-0.3, -0.25) is 0 Å². The first-order valence-electron chi connectivity index (χ1n) is 7.95. The molecule has 0 amide bonds. The topological polar surface area (TPSA) is 61.3 Å². The van der Waals surface area contributed by atoms with Crippen LogP contribution in [-0.4, -0.2) is 23.3 Å². The van der Waals surface area contributed by atoms with E-state index in [1.807, 2.05) is 19.9 Å². The summed E-state index contributed by atoms with van der Waals surface area (Å²) in [7, 11) is 1.56. The number of ether oxygens (including phenoxy) is 2. The summed E-state index contributed by atoms with van der Waals surface area (Å²) in [6, 6.07) is 14.5. The molecule has 1 aromatic heterocycles. The van der Waals surface area contributed by atoms with Gasteiger partial charge in [-0.05, 0) is 65.7 Å². The molecule has 2 aromatic carbocycles. The van der Waals surface area contributed by atoms with Crippen LogP contribution in [0.4, 0.5) is 0 Å². The fourth-order valence-electron chi connectivity index (χ4n) is 2.48. The summed E-state index contributed by atoms with van der Waals surface area (Å²) in [5.74, 6) is 0.275. The van der Waals surface area contributed by atoms with Gasteiger partial charge in [-0.15, -0.1) is 10.2 Å². The second-order valence-corrected chi connectivity index (χ2v) is 6.67. The molecule has 6 heteroatoms. The average molecular weight is 413 g/mol. The van der Waals surface area contributed by atoms with Crippen molar-refractivity contribution in [2.45, 2.75) is 13.8 Å². The summed E-state index contributed by atoms with van der Waals surface area (Å²) in [5.41, 5.74) is 4.39. The highest BCUT2D eigenvalue weighted by atomic mass is 79.9. The van der Waals surface area contributed by atoms with Crippen molar-refractivity contribution in [2.24, 2.45) is 0 Å². The number of benzene rings is 2. The zero-order chi connectivity index (χ0) is 18.7. The Morgan fingerprint density at radius 1 is 1.00 bits per heavy atom. The van der Waals surface area contributed by atoms with E-state index in [-0.39, 0.29) is 5.88 Å². The van der Waals surface area contributed by atoms with Crippen molar-refractivity contribution < 1.29 is 14.3 Å².